The minimum Gasteiger partial charge on any atom is -0.357 e. The minimum absolute atomic E-state index is 0.152. The molecular formula is C21H25Cl2N3O4S. The highest BCUT2D eigenvalue weighted by atomic mass is 35.5. The molecule has 2 amide bonds. The topological polar surface area (TPSA) is 86.8 Å². The second-order valence-corrected chi connectivity index (χ2v) is 9.83. The van der Waals surface area contributed by atoms with Crippen LogP contribution in [-0.2, 0) is 26.2 Å². The van der Waals surface area contributed by atoms with Crippen LogP contribution in [0.3, 0.4) is 0 Å². The number of anilines is 1. The van der Waals surface area contributed by atoms with Gasteiger partial charge in [-0.2, -0.15) is 0 Å². The summed E-state index contributed by atoms with van der Waals surface area (Å²) in [5.74, 6) is -0.891. The average molecular weight is 486 g/mol. The van der Waals surface area contributed by atoms with Crippen molar-refractivity contribution in [2.24, 2.45) is 0 Å². The van der Waals surface area contributed by atoms with Gasteiger partial charge in [0.2, 0.25) is 21.8 Å². The van der Waals surface area contributed by atoms with Gasteiger partial charge in [-0.15, -0.1) is 0 Å². The summed E-state index contributed by atoms with van der Waals surface area (Å²) in [6.07, 6.45) is 0.997. The molecule has 0 aliphatic carbocycles. The van der Waals surface area contributed by atoms with E-state index < -0.39 is 28.5 Å². The van der Waals surface area contributed by atoms with Gasteiger partial charge >= 0.3 is 0 Å². The summed E-state index contributed by atoms with van der Waals surface area (Å²) in [5, 5.41) is 2.96. The highest BCUT2D eigenvalue weighted by molar-refractivity contribution is 7.92. The van der Waals surface area contributed by atoms with Crippen LogP contribution in [0.1, 0.15) is 18.1 Å². The van der Waals surface area contributed by atoms with Gasteiger partial charge in [-0.05, 0) is 43.2 Å². The number of nitrogens with zero attached hydrogens (tertiary/aromatic N) is 2. The second-order valence-electron chi connectivity index (χ2n) is 7.11. The second kappa shape index (κ2) is 10.3. The predicted octanol–water partition coefficient (Wildman–Crippen LogP) is 3.23. The lowest BCUT2D eigenvalue weighted by Gasteiger charge is -2.31. The van der Waals surface area contributed by atoms with E-state index in [1.165, 1.54) is 30.1 Å². The first-order valence-corrected chi connectivity index (χ1v) is 12.0. The molecule has 0 spiro atoms. The Hall–Kier alpha value is -2.29. The van der Waals surface area contributed by atoms with Gasteiger partial charge in [0, 0.05) is 13.6 Å². The van der Waals surface area contributed by atoms with E-state index >= 15 is 0 Å². The van der Waals surface area contributed by atoms with Crippen LogP contribution < -0.4 is 9.62 Å². The number of halogens is 2. The largest absolute Gasteiger partial charge is 0.357 e. The first-order valence-electron chi connectivity index (χ1n) is 9.44. The molecule has 0 aliphatic heterocycles. The fraction of sp³-hybridized carbons (Fsp3) is 0.333. The van der Waals surface area contributed by atoms with E-state index in [4.69, 9.17) is 23.2 Å². The monoisotopic (exact) mass is 485 g/mol. The number of carbonyl (C=O) groups is 2. The van der Waals surface area contributed by atoms with Crippen LogP contribution in [0.4, 0.5) is 5.69 Å². The van der Waals surface area contributed by atoms with Crippen molar-refractivity contribution < 1.29 is 18.0 Å². The average Bonchev–Trinajstić information content (AvgIpc) is 2.71. The number of sulfonamides is 1. The van der Waals surface area contributed by atoms with Crippen molar-refractivity contribution in [1.29, 1.82) is 0 Å². The molecule has 2 aromatic rings. The third-order valence-corrected chi connectivity index (χ3v) is 6.77. The summed E-state index contributed by atoms with van der Waals surface area (Å²) in [6.45, 7) is 3.16. The summed E-state index contributed by atoms with van der Waals surface area (Å²) in [6, 6.07) is 11.0. The number of rotatable bonds is 8. The van der Waals surface area contributed by atoms with E-state index in [2.05, 4.69) is 5.32 Å². The Kier molecular flexibility index (Phi) is 8.34. The molecule has 0 aliphatic rings. The van der Waals surface area contributed by atoms with Crippen LogP contribution in [0.2, 0.25) is 10.0 Å². The molecule has 31 heavy (non-hydrogen) atoms. The Morgan fingerprint density at radius 1 is 1.10 bits per heavy atom. The Bertz CT molecular complexity index is 1080. The van der Waals surface area contributed by atoms with Gasteiger partial charge < -0.3 is 10.2 Å². The lowest BCUT2D eigenvalue weighted by Crippen LogP contribution is -2.50. The molecule has 1 N–H and O–H groups in total. The molecule has 0 saturated heterocycles. The zero-order valence-electron chi connectivity index (χ0n) is 17.7. The van der Waals surface area contributed by atoms with E-state index in [-0.39, 0.29) is 28.2 Å². The fourth-order valence-corrected chi connectivity index (χ4v) is 4.15. The summed E-state index contributed by atoms with van der Waals surface area (Å²) < 4.78 is 25.9. The maximum absolute atomic E-state index is 13.3. The number of aryl methyl sites for hydroxylation is 1. The van der Waals surface area contributed by atoms with Gasteiger partial charge in [0.25, 0.3) is 0 Å². The smallest absolute Gasteiger partial charge is 0.244 e. The number of hydrogen-bond acceptors (Lipinski definition) is 4. The molecule has 10 heteroatoms. The van der Waals surface area contributed by atoms with E-state index in [9.17, 15) is 18.0 Å². The molecule has 7 nitrogen and oxygen atoms in total. The van der Waals surface area contributed by atoms with E-state index in [0.29, 0.717) is 0 Å². The summed E-state index contributed by atoms with van der Waals surface area (Å²) in [5.41, 5.74) is 2.01. The molecule has 1 atom stereocenters. The van der Waals surface area contributed by atoms with Crippen LogP contribution in [0, 0.1) is 6.92 Å². The predicted molar refractivity (Wildman–Crippen MR) is 124 cm³/mol. The van der Waals surface area contributed by atoms with Crippen molar-refractivity contribution in [3.8, 4) is 0 Å². The third kappa shape index (κ3) is 6.35. The SMILES string of the molecule is CNC(=O)C(C)N(Cc1ccccc1C)C(=O)CN(c1ccc(Cl)c(Cl)c1)S(C)(=O)=O. The molecule has 0 fully saturated rings. The molecule has 2 rings (SSSR count). The zero-order chi connectivity index (χ0) is 23.3. The van der Waals surface area contributed by atoms with Crippen LogP contribution in [0.5, 0.6) is 0 Å². The molecular weight excluding hydrogens is 461 g/mol. The molecule has 0 heterocycles. The van der Waals surface area contributed by atoms with Crippen LogP contribution in [-0.4, -0.2) is 51.0 Å². The van der Waals surface area contributed by atoms with Crippen LogP contribution in [0.15, 0.2) is 42.5 Å². The van der Waals surface area contributed by atoms with Crippen molar-refractivity contribution >= 4 is 50.7 Å². The number of likely N-dealkylation sites (N-methyl/N-ethyl adjacent to an activating group) is 1. The summed E-state index contributed by atoms with van der Waals surface area (Å²) in [7, 11) is -2.35. The molecule has 0 aromatic heterocycles. The van der Waals surface area contributed by atoms with Gasteiger partial charge in [-0.1, -0.05) is 47.5 Å². The van der Waals surface area contributed by atoms with Crippen molar-refractivity contribution in [3.63, 3.8) is 0 Å². The number of nitrogens with one attached hydrogen (secondary N) is 1. The van der Waals surface area contributed by atoms with Crippen molar-refractivity contribution in [2.75, 3.05) is 24.2 Å². The first kappa shape index (κ1) is 25.0. The van der Waals surface area contributed by atoms with E-state index in [1.807, 2.05) is 31.2 Å². The summed E-state index contributed by atoms with van der Waals surface area (Å²) >= 11 is 12.0. The highest BCUT2D eigenvalue weighted by Gasteiger charge is 2.30. The van der Waals surface area contributed by atoms with Crippen LogP contribution >= 0.6 is 23.2 Å². The molecule has 0 radical (unpaired) electrons. The lowest BCUT2D eigenvalue weighted by atomic mass is 10.1. The Morgan fingerprint density at radius 3 is 2.29 bits per heavy atom. The normalized spacial score (nSPS) is 12.2. The number of carbonyl (C=O) groups excluding carboxylic acids is 2. The molecule has 0 bridgehead atoms. The van der Waals surface area contributed by atoms with Gasteiger partial charge in [0.05, 0.1) is 22.0 Å². The van der Waals surface area contributed by atoms with Crippen molar-refractivity contribution in [1.82, 2.24) is 10.2 Å². The number of hydrogen-bond donors (Lipinski definition) is 1. The first-order chi connectivity index (χ1) is 14.5. The number of benzene rings is 2. The molecule has 1 unspecified atom stereocenters. The van der Waals surface area contributed by atoms with E-state index in [1.54, 1.807) is 6.92 Å². The van der Waals surface area contributed by atoms with Gasteiger partial charge in [-0.3, -0.25) is 13.9 Å². The van der Waals surface area contributed by atoms with Gasteiger partial charge in [-0.25, -0.2) is 8.42 Å². The quantitative estimate of drug-likeness (QED) is 0.621. The highest BCUT2D eigenvalue weighted by Crippen LogP contribution is 2.28. The Balaban J connectivity index is 2.42. The van der Waals surface area contributed by atoms with Crippen molar-refractivity contribution in [3.05, 3.63) is 63.6 Å². The van der Waals surface area contributed by atoms with Crippen molar-refractivity contribution in [2.45, 2.75) is 26.4 Å². The Labute approximate surface area is 193 Å². The van der Waals surface area contributed by atoms with Gasteiger partial charge in [0.1, 0.15) is 12.6 Å². The zero-order valence-corrected chi connectivity index (χ0v) is 20.1. The maximum atomic E-state index is 13.3. The standard InChI is InChI=1S/C21H25Cl2N3O4S/c1-14-7-5-6-8-16(14)12-25(15(2)21(28)24-3)20(27)13-26(31(4,29)30)17-9-10-18(22)19(23)11-17/h5-11,15H,12-13H2,1-4H3,(H,24,28). The summed E-state index contributed by atoms with van der Waals surface area (Å²) in [4.78, 5) is 26.9. The minimum atomic E-state index is -3.83. The number of amides is 2. The van der Waals surface area contributed by atoms with E-state index in [0.717, 1.165) is 21.7 Å². The molecule has 0 saturated carbocycles. The van der Waals surface area contributed by atoms with Crippen LogP contribution in [0.25, 0.3) is 0 Å². The fourth-order valence-electron chi connectivity index (χ4n) is 3.02. The third-order valence-electron chi connectivity index (χ3n) is 4.89. The molecule has 168 valence electrons. The maximum Gasteiger partial charge on any atom is 0.244 e. The molecule has 2 aromatic carbocycles. The van der Waals surface area contributed by atoms with Gasteiger partial charge in [0.15, 0.2) is 0 Å². The Morgan fingerprint density at radius 2 is 1.74 bits per heavy atom. The lowest BCUT2D eigenvalue weighted by molar-refractivity contribution is -0.139.